The van der Waals surface area contributed by atoms with E-state index >= 15 is 0 Å². The lowest BCUT2D eigenvalue weighted by Crippen LogP contribution is -2.45. The van der Waals surface area contributed by atoms with Gasteiger partial charge in [0.15, 0.2) is 0 Å². The quantitative estimate of drug-likeness (QED) is 0.873. The Morgan fingerprint density at radius 1 is 1.42 bits per heavy atom. The Morgan fingerprint density at radius 3 is 2.47 bits per heavy atom. The highest BCUT2D eigenvalue weighted by molar-refractivity contribution is 5.20. The van der Waals surface area contributed by atoms with Crippen LogP contribution < -0.4 is 5.73 Å². The smallest absolute Gasteiger partial charge is 0.0641 e. The molecule has 0 radical (unpaired) electrons. The van der Waals surface area contributed by atoms with E-state index in [1.165, 1.54) is 18.4 Å². The zero-order chi connectivity index (χ0) is 14.0. The summed E-state index contributed by atoms with van der Waals surface area (Å²) in [6.07, 6.45) is 4.57. The molecule has 2 N–H and O–H groups in total. The molecule has 108 valence electrons. The van der Waals surface area contributed by atoms with E-state index in [0.29, 0.717) is 18.6 Å². The van der Waals surface area contributed by atoms with Crippen molar-refractivity contribution in [2.24, 2.45) is 12.8 Å². The molecule has 2 rings (SSSR count). The molecular weight excluding hydrogens is 238 g/mol. The standard InChI is InChI=1S/C14H27N5/c1-11-13(10-18(4)16-11)14(9-15)19-7-5-12(6-8-19)17(2)3/h10,12,14H,5-9,15H2,1-4H3. The number of aryl methyl sites for hydroxylation is 2. The SMILES string of the molecule is Cc1nn(C)cc1C(CN)N1CCC(N(C)C)CC1. The third kappa shape index (κ3) is 3.16. The lowest BCUT2D eigenvalue weighted by molar-refractivity contribution is 0.110. The number of nitrogens with zero attached hydrogens (tertiary/aromatic N) is 4. The van der Waals surface area contributed by atoms with Crippen LogP contribution in [0, 0.1) is 6.92 Å². The fraction of sp³-hybridized carbons (Fsp3) is 0.786. The number of hydrogen-bond acceptors (Lipinski definition) is 4. The molecule has 1 aliphatic heterocycles. The van der Waals surface area contributed by atoms with E-state index < -0.39 is 0 Å². The van der Waals surface area contributed by atoms with Gasteiger partial charge >= 0.3 is 0 Å². The van der Waals surface area contributed by atoms with Crippen molar-refractivity contribution >= 4 is 0 Å². The van der Waals surface area contributed by atoms with Gasteiger partial charge in [-0.05, 0) is 33.9 Å². The van der Waals surface area contributed by atoms with Crippen LogP contribution in [0.5, 0.6) is 0 Å². The molecule has 1 unspecified atom stereocenters. The molecule has 2 heterocycles. The summed E-state index contributed by atoms with van der Waals surface area (Å²) >= 11 is 0. The molecule has 0 amide bonds. The first-order chi connectivity index (χ1) is 9.02. The minimum atomic E-state index is 0.316. The first-order valence-corrected chi connectivity index (χ1v) is 7.13. The Morgan fingerprint density at radius 2 is 2.05 bits per heavy atom. The minimum Gasteiger partial charge on any atom is -0.329 e. The Balaban J connectivity index is 2.06. The fourth-order valence-corrected chi connectivity index (χ4v) is 3.13. The highest BCUT2D eigenvalue weighted by Crippen LogP contribution is 2.26. The number of aromatic nitrogens is 2. The van der Waals surface area contributed by atoms with E-state index in [2.05, 4.69) is 42.1 Å². The van der Waals surface area contributed by atoms with E-state index in [1.54, 1.807) is 0 Å². The van der Waals surface area contributed by atoms with Crippen molar-refractivity contribution < 1.29 is 0 Å². The summed E-state index contributed by atoms with van der Waals surface area (Å²) in [6, 6.07) is 1.03. The van der Waals surface area contributed by atoms with Crippen LogP contribution in [0.15, 0.2) is 6.20 Å². The lowest BCUT2D eigenvalue weighted by atomic mass is 9.99. The second-order valence-corrected chi connectivity index (χ2v) is 5.83. The van der Waals surface area contributed by atoms with Crippen LogP contribution in [0.1, 0.15) is 30.1 Å². The van der Waals surface area contributed by atoms with Gasteiger partial charge in [0.05, 0.1) is 11.7 Å². The van der Waals surface area contributed by atoms with Crippen molar-refractivity contribution in [3.63, 3.8) is 0 Å². The topological polar surface area (TPSA) is 50.3 Å². The van der Waals surface area contributed by atoms with Gasteiger partial charge in [0.2, 0.25) is 0 Å². The Hall–Kier alpha value is -0.910. The Labute approximate surface area is 116 Å². The van der Waals surface area contributed by atoms with Crippen LogP contribution in [0.4, 0.5) is 0 Å². The van der Waals surface area contributed by atoms with Gasteiger partial charge in [-0.3, -0.25) is 9.58 Å². The van der Waals surface area contributed by atoms with Crippen LogP contribution in [0.25, 0.3) is 0 Å². The fourth-order valence-electron chi connectivity index (χ4n) is 3.13. The summed E-state index contributed by atoms with van der Waals surface area (Å²) in [4.78, 5) is 4.86. The average molecular weight is 265 g/mol. The third-order valence-electron chi connectivity index (χ3n) is 4.30. The molecule has 1 aromatic heterocycles. The molecule has 5 nitrogen and oxygen atoms in total. The van der Waals surface area contributed by atoms with Crippen molar-refractivity contribution in [1.29, 1.82) is 0 Å². The summed E-state index contributed by atoms with van der Waals surface area (Å²) in [5.74, 6) is 0. The summed E-state index contributed by atoms with van der Waals surface area (Å²) < 4.78 is 1.89. The molecule has 0 aliphatic carbocycles. The van der Waals surface area contributed by atoms with Crippen molar-refractivity contribution in [3.8, 4) is 0 Å². The molecule has 5 heteroatoms. The molecule has 1 atom stereocenters. The van der Waals surface area contributed by atoms with Crippen molar-refractivity contribution in [2.45, 2.75) is 31.8 Å². The summed E-state index contributed by atoms with van der Waals surface area (Å²) in [5.41, 5.74) is 8.41. The van der Waals surface area contributed by atoms with Crippen LogP contribution in [0.3, 0.4) is 0 Å². The van der Waals surface area contributed by atoms with Gasteiger partial charge < -0.3 is 10.6 Å². The van der Waals surface area contributed by atoms with E-state index in [4.69, 9.17) is 5.73 Å². The van der Waals surface area contributed by atoms with Crippen LogP contribution in [-0.4, -0.2) is 59.4 Å². The maximum absolute atomic E-state index is 6.02. The van der Waals surface area contributed by atoms with Gasteiger partial charge in [0.25, 0.3) is 0 Å². The van der Waals surface area contributed by atoms with Crippen LogP contribution in [-0.2, 0) is 7.05 Å². The summed E-state index contributed by atoms with van der Waals surface area (Å²) in [5, 5.41) is 4.44. The zero-order valence-electron chi connectivity index (χ0n) is 12.6. The predicted octanol–water partition coefficient (Wildman–Crippen LogP) is 0.754. The van der Waals surface area contributed by atoms with E-state index in [1.807, 2.05) is 11.7 Å². The van der Waals surface area contributed by atoms with Crippen molar-refractivity contribution in [1.82, 2.24) is 19.6 Å². The maximum Gasteiger partial charge on any atom is 0.0641 e. The zero-order valence-corrected chi connectivity index (χ0v) is 12.6. The van der Waals surface area contributed by atoms with E-state index in [0.717, 1.165) is 18.8 Å². The van der Waals surface area contributed by atoms with Crippen LogP contribution in [0.2, 0.25) is 0 Å². The molecule has 1 saturated heterocycles. The van der Waals surface area contributed by atoms with Gasteiger partial charge in [0, 0.05) is 44.5 Å². The molecule has 0 spiro atoms. The van der Waals surface area contributed by atoms with Crippen molar-refractivity contribution in [3.05, 3.63) is 17.5 Å². The molecule has 19 heavy (non-hydrogen) atoms. The predicted molar refractivity (Wildman–Crippen MR) is 78.0 cm³/mol. The molecular formula is C14H27N5. The molecule has 1 aliphatic rings. The summed E-state index contributed by atoms with van der Waals surface area (Å²) in [6.45, 7) is 4.99. The van der Waals surface area contributed by atoms with Crippen molar-refractivity contribution in [2.75, 3.05) is 33.7 Å². The molecule has 0 bridgehead atoms. The summed E-state index contributed by atoms with van der Waals surface area (Å²) in [7, 11) is 6.32. The number of piperidine rings is 1. The first-order valence-electron chi connectivity index (χ1n) is 7.13. The van der Waals surface area contributed by atoms with E-state index in [-0.39, 0.29) is 0 Å². The highest BCUT2D eigenvalue weighted by atomic mass is 15.3. The second kappa shape index (κ2) is 6.03. The average Bonchev–Trinajstić information content (AvgIpc) is 2.70. The molecule has 1 aromatic rings. The monoisotopic (exact) mass is 265 g/mol. The van der Waals surface area contributed by atoms with Gasteiger partial charge in [-0.2, -0.15) is 5.10 Å². The number of hydrogen-bond donors (Lipinski definition) is 1. The third-order valence-corrected chi connectivity index (χ3v) is 4.30. The van der Waals surface area contributed by atoms with Crippen LogP contribution >= 0.6 is 0 Å². The number of nitrogens with two attached hydrogens (primary N) is 1. The molecule has 0 saturated carbocycles. The maximum atomic E-state index is 6.02. The number of likely N-dealkylation sites (tertiary alicyclic amines) is 1. The Bertz CT molecular complexity index is 404. The molecule has 0 aromatic carbocycles. The van der Waals surface area contributed by atoms with Gasteiger partial charge in [-0.15, -0.1) is 0 Å². The first kappa shape index (κ1) is 14.5. The normalized spacial score (nSPS) is 20.1. The Kier molecular flexibility index (Phi) is 4.60. The van der Waals surface area contributed by atoms with Gasteiger partial charge in [-0.25, -0.2) is 0 Å². The number of rotatable bonds is 4. The van der Waals surface area contributed by atoms with Gasteiger partial charge in [0.1, 0.15) is 0 Å². The highest BCUT2D eigenvalue weighted by Gasteiger charge is 2.27. The second-order valence-electron chi connectivity index (χ2n) is 5.83. The lowest BCUT2D eigenvalue weighted by Gasteiger charge is -2.39. The largest absolute Gasteiger partial charge is 0.329 e. The minimum absolute atomic E-state index is 0.316. The van der Waals surface area contributed by atoms with E-state index in [9.17, 15) is 0 Å². The molecule has 1 fully saturated rings. The van der Waals surface area contributed by atoms with Gasteiger partial charge in [-0.1, -0.05) is 0 Å².